The van der Waals surface area contributed by atoms with E-state index >= 15 is 0 Å². The summed E-state index contributed by atoms with van der Waals surface area (Å²) in [5, 5.41) is 22.9. The fourth-order valence-corrected chi connectivity index (χ4v) is 3.70. The van der Waals surface area contributed by atoms with Crippen molar-refractivity contribution in [1.29, 1.82) is 0 Å². The highest BCUT2D eigenvalue weighted by Crippen LogP contribution is 2.34. The highest BCUT2D eigenvalue weighted by Gasteiger charge is 2.31. The molecule has 0 aromatic heterocycles. The number of methoxy groups -OCH3 is 1. The number of ether oxygens (including phenoxy) is 2. The summed E-state index contributed by atoms with van der Waals surface area (Å²) in [5.74, 6) is -0.173. The summed E-state index contributed by atoms with van der Waals surface area (Å²) in [4.78, 5) is 11.1. The Balaban J connectivity index is 1.86. The van der Waals surface area contributed by atoms with Crippen LogP contribution in [-0.4, -0.2) is 41.8 Å². The van der Waals surface area contributed by atoms with Crippen molar-refractivity contribution >= 4 is 11.7 Å². The molecule has 9 heteroatoms. The summed E-state index contributed by atoms with van der Waals surface area (Å²) in [6.45, 7) is -0.207. The van der Waals surface area contributed by atoms with Gasteiger partial charge in [0.05, 0.1) is 18.4 Å². The number of benzene rings is 1. The highest BCUT2D eigenvalue weighted by atomic mass is 19.4. The number of esters is 1. The summed E-state index contributed by atoms with van der Waals surface area (Å²) in [6, 6.07) is 4.48. The molecule has 1 aliphatic carbocycles. The molecule has 0 aliphatic heterocycles. The first-order valence-electron chi connectivity index (χ1n) is 10.8. The third-order valence-corrected chi connectivity index (χ3v) is 5.50. The summed E-state index contributed by atoms with van der Waals surface area (Å²) in [5.41, 5.74) is -0.192. The largest absolute Gasteiger partial charge is 0.491 e. The number of halogens is 3. The lowest BCUT2D eigenvalue weighted by atomic mass is 9.91. The predicted molar refractivity (Wildman–Crippen MR) is 117 cm³/mol. The number of hydrogen-bond acceptors (Lipinski definition) is 6. The van der Waals surface area contributed by atoms with E-state index in [1.165, 1.54) is 25.3 Å². The summed E-state index contributed by atoms with van der Waals surface area (Å²) in [7, 11) is 1.36. The number of aliphatic hydroxyl groups excluding tert-OH is 1. The maximum absolute atomic E-state index is 12.8. The van der Waals surface area contributed by atoms with Gasteiger partial charge in [-0.05, 0) is 56.2 Å². The van der Waals surface area contributed by atoms with Gasteiger partial charge in [-0.1, -0.05) is 35.5 Å². The Kier molecular flexibility index (Phi) is 10.4. The third kappa shape index (κ3) is 8.92. The van der Waals surface area contributed by atoms with Gasteiger partial charge < -0.3 is 19.8 Å². The fraction of sp³-hybridized carbons (Fsp3) is 0.500. The Morgan fingerprint density at radius 2 is 2.12 bits per heavy atom. The molecule has 1 fully saturated rings. The lowest BCUT2D eigenvalue weighted by Crippen LogP contribution is -2.17. The van der Waals surface area contributed by atoms with Gasteiger partial charge in [0.15, 0.2) is 0 Å². The monoisotopic (exact) mass is 469 g/mol. The number of hydrogen-bond donors (Lipinski definition) is 2. The predicted octanol–water partition coefficient (Wildman–Crippen LogP) is 5.15. The van der Waals surface area contributed by atoms with E-state index in [9.17, 15) is 28.3 Å². The number of unbranched alkanes of at least 4 members (excludes halogenated alkanes) is 1. The molecule has 0 saturated heterocycles. The second kappa shape index (κ2) is 13.0. The van der Waals surface area contributed by atoms with Crippen molar-refractivity contribution < 1.29 is 37.8 Å². The number of carbonyl (C=O) groups is 1. The number of allylic oxidation sites excluding steroid dienone is 3. The molecule has 1 aromatic rings. The van der Waals surface area contributed by atoms with E-state index in [0.717, 1.165) is 31.4 Å². The van der Waals surface area contributed by atoms with Gasteiger partial charge in [-0.3, -0.25) is 4.79 Å². The van der Waals surface area contributed by atoms with Crippen LogP contribution in [0.15, 0.2) is 53.7 Å². The van der Waals surface area contributed by atoms with E-state index in [0.29, 0.717) is 25.0 Å². The van der Waals surface area contributed by atoms with Crippen LogP contribution in [0.4, 0.5) is 13.2 Å². The molecular formula is C24H30F3NO5. The lowest BCUT2D eigenvalue weighted by molar-refractivity contribution is -0.140. The van der Waals surface area contributed by atoms with E-state index < -0.39 is 17.8 Å². The maximum Gasteiger partial charge on any atom is 0.416 e. The Bertz CT molecular complexity index is 851. The molecule has 6 nitrogen and oxygen atoms in total. The minimum atomic E-state index is -4.47. The van der Waals surface area contributed by atoms with E-state index in [1.54, 1.807) is 6.08 Å². The maximum atomic E-state index is 12.8. The summed E-state index contributed by atoms with van der Waals surface area (Å²) in [6.07, 6.45) is 5.89. The van der Waals surface area contributed by atoms with Crippen LogP contribution in [0.3, 0.4) is 0 Å². The van der Waals surface area contributed by atoms with Crippen LogP contribution in [0.25, 0.3) is 0 Å². The van der Waals surface area contributed by atoms with Gasteiger partial charge in [-0.2, -0.15) is 13.2 Å². The van der Waals surface area contributed by atoms with Crippen LogP contribution in [0.1, 0.15) is 44.1 Å². The standard InChI is InChI=1S/C24H30F3NO5/c1-32-23(30)10-5-3-2-4-7-17-11-14-22(28-31)21(17)13-12-19(29)16-33-20-9-6-8-18(15-20)24(25,26)27/h2,4,6,8-9,12-13,15,17,19,21,29,31H,3,5,7,10-11,14,16H2,1H3/b4-2-,13-12+,28-22-/t17-,19+,21?/m0/s1. The second-order valence-corrected chi connectivity index (χ2v) is 7.88. The molecule has 1 aliphatic rings. The molecule has 0 spiro atoms. The zero-order chi connectivity index (χ0) is 24.3. The number of oxime groups is 1. The first kappa shape index (κ1) is 26.4. The quantitative estimate of drug-likeness (QED) is 0.154. The molecule has 1 unspecified atom stereocenters. The van der Waals surface area contributed by atoms with Gasteiger partial charge in [0, 0.05) is 12.3 Å². The molecule has 1 aromatic carbocycles. The number of rotatable bonds is 11. The van der Waals surface area contributed by atoms with Crippen molar-refractivity contribution in [3.05, 3.63) is 54.1 Å². The number of aliphatic hydroxyl groups is 1. The average Bonchev–Trinajstić information content (AvgIpc) is 3.19. The van der Waals surface area contributed by atoms with Crippen molar-refractivity contribution in [3.8, 4) is 5.75 Å². The summed E-state index contributed by atoms with van der Waals surface area (Å²) < 4.78 is 48.3. The van der Waals surface area contributed by atoms with Crippen molar-refractivity contribution in [2.24, 2.45) is 17.0 Å². The second-order valence-electron chi connectivity index (χ2n) is 7.88. The van der Waals surface area contributed by atoms with Gasteiger partial charge in [0.1, 0.15) is 18.5 Å². The van der Waals surface area contributed by atoms with Gasteiger partial charge >= 0.3 is 12.1 Å². The Morgan fingerprint density at radius 1 is 1.33 bits per heavy atom. The molecule has 1 saturated carbocycles. The number of alkyl halides is 3. The minimum absolute atomic E-state index is 0.0194. The van der Waals surface area contributed by atoms with Crippen molar-refractivity contribution in [2.45, 2.75) is 50.8 Å². The Morgan fingerprint density at radius 3 is 2.82 bits per heavy atom. The molecule has 0 bridgehead atoms. The van der Waals surface area contributed by atoms with Crippen LogP contribution >= 0.6 is 0 Å². The molecular weight excluding hydrogens is 439 g/mol. The van der Waals surface area contributed by atoms with Gasteiger partial charge in [-0.15, -0.1) is 0 Å². The van der Waals surface area contributed by atoms with Crippen LogP contribution in [-0.2, 0) is 15.7 Å². The first-order valence-corrected chi connectivity index (χ1v) is 10.8. The summed E-state index contributed by atoms with van der Waals surface area (Å²) >= 11 is 0. The number of nitrogens with zero attached hydrogens (tertiary/aromatic N) is 1. The molecule has 2 rings (SSSR count). The van der Waals surface area contributed by atoms with E-state index in [1.807, 2.05) is 12.2 Å². The molecule has 0 radical (unpaired) electrons. The minimum Gasteiger partial charge on any atom is -0.491 e. The van der Waals surface area contributed by atoms with Crippen LogP contribution in [0.2, 0.25) is 0 Å². The van der Waals surface area contributed by atoms with Crippen LogP contribution < -0.4 is 4.74 Å². The molecule has 2 N–H and O–H groups in total. The van der Waals surface area contributed by atoms with Crippen LogP contribution in [0.5, 0.6) is 5.75 Å². The normalized spacial score (nSPS) is 21.2. The fourth-order valence-electron chi connectivity index (χ4n) is 3.70. The molecule has 3 atom stereocenters. The van der Waals surface area contributed by atoms with Crippen LogP contribution in [0, 0.1) is 11.8 Å². The average molecular weight is 470 g/mol. The van der Waals surface area contributed by atoms with Gasteiger partial charge in [0.2, 0.25) is 0 Å². The smallest absolute Gasteiger partial charge is 0.416 e. The van der Waals surface area contributed by atoms with E-state index in [-0.39, 0.29) is 30.2 Å². The molecule has 33 heavy (non-hydrogen) atoms. The molecule has 182 valence electrons. The SMILES string of the molecule is COC(=O)CCC/C=C\C[C@H]1CC/C(=N/O)C1/C=C/[C@@H](O)COc1cccc(C(F)(F)F)c1. The van der Waals surface area contributed by atoms with Crippen molar-refractivity contribution in [3.63, 3.8) is 0 Å². The van der Waals surface area contributed by atoms with E-state index in [2.05, 4.69) is 9.89 Å². The molecule has 0 amide bonds. The third-order valence-electron chi connectivity index (χ3n) is 5.50. The van der Waals surface area contributed by atoms with Crippen molar-refractivity contribution in [2.75, 3.05) is 13.7 Å². The van der Waals surface area contributed by atoms with Crippen molar-refractivity contribution in [1.82, 2.24) is 0 Å². The zero-order valence-corrected chi connectivity index (χ0v) is 18.5. The zero-order valence-electron chi connectivity index (χ0n) is 18.5. The highest BCUT2D eigenvalue weighted by molar-refractivity contribution is 5.90. The topological polar surface area (TPSA) is 88.4 Å². The first-order chi connectivity index (χ1) is 15.7. The lowest BCUT2D eigenvalue weighted by Gasteiger charge is -2.15. The Labute approximate surface area is 191 Å². The van der Waals surface area contributed by atoms with Gasteiger partial charge in [0.25, 0.3) is 0 Å². The molecule has 0 heterocycles. The van der Waals surface area contributed by atoms with Gasteiger partial charge in [-0.25, -0.2) is 0 Å². The van der Waals surface area contributed by atoms with E-state index in [4.69, 9.17) is 4.74 Å². The Hall–Kier alpha value is -2.81. The number of carbonyl (C=O) groups excluding carboxylic acids is 1.